The maximum Gasteiger partial charge on any atom is 0.407 e. The molecule has 0 bridgehead atoms. The summed E-state index contributed by atoms with van der Waals surface area (Å²) in [4.78, 5) is 34.6. The number of rotatable bonds is 10. The molecule has 0 saturated carbocycles. The number of benzene rings is 2. The minimum atomic E-state index is -4.03. The van der Waals surface area contributed by atoms with E-state index in [0.717, 1.165) is 22.3 Å². The van der Waals surface area contributed by atoms with E-state index in [1.807, 2.05) is 53.8 Å². The maximum absolute atomic E-state index is 13.1. The van der Waals surface area contributed by atoms with Crippen LogP contribution in [0.1, 0.15) is 36.8 Å². The lowest BCUT2D eigenvalue weighted by Gasteiger charge is -2.18. The van der Waals surface area contributed by atoms with Gasteiger partial charge < -0.3 is 20.5 Å². The molecule has 1 unspecified atom stereocenters. The van der Waals surface area contributed by atoms with Gasteiger partial charge in [0.2, 0.25) is 5.91 Å². The Kier molecular flexibility index (Phi) is 7.63. The predicted octanol–water partition coefficient (Wildman–Crippen LogP) is 3.78. The van der Waals surface area contributed by atoms with Crippen molar-refractivity contribution in [3.8, 4) is 11.1 Å². The molecule has 2 aromatic rings. The van der Waals surface area contributed by atoms with Crippen molar-refractivity contribution in [1.82, 2.24) is 10.6 Å². The van der Waals surface area contributed by atoms with Crippen molar-refractivity contribution in [1.29, 1.82) is 0 Å². The zero-order valence-electron chi connectivity index (χ0n) is 18.1. The average Bonchev–Trinajstić information content (AvgIpc) is 3.12. The number of amides is 2. The molecule has 0 saturated heterocycles. The third-order valence-corrected chi connectivity index (χ3v) is 5.75. The first kappa shape index (κ1) is 24.2. The molecule has 2 aromatic carbocycles. The summed E-state index contributed by atoms with van der Waals surface area (Å²) in [5, 5.41) is 12.9. The summed E-state index contributed by atoms with van der Waals surface area (Å²) in [6.07, 6.45) is -0.254. The van der Waals surface area contributed by atoms with E-state index in [-0.39, 0.29) is 31.4 Å². The molecule has 9 heteroatoms. The molecule has 0 radical (unpaired) electrons. The van der Waals surface area contributed by atoms with Crippen molar-refractivity contribution in [2.75, 3.05) is 19.7 Å². The van der Waals surface area contributed by atoms with E-state index in [9.17, 15) is 23.2 Å². The van der Waals surface area contributed by atoms with Gasteiger partial charge in [-0.2, -0.15) is 8.78 Å². The lowest BCUT2D eigenvalue weighted by atomic mass is 9.98. The topological polar surface area (TPSA) is 105 Å². The number of carbonyl (C=O) groups is 3. The van der Waals surface area contributed by atoms with Gasteiger partial charge in [0.25, 0.3) is 0 Å². The van der Waals surface area contributed by atoms with Crippen LogP contribution < -0.4 is 10.6 Å². The van der Waals surface area contributed by atoms with E-state index < -0.39 is 30.4 Å². The number of alkyl halides is 2. The first-order chi connectivity index (χ1) is 15.7. The largest absolute Gasteiger partial charge is 0.477 e. The van der Waals surface area contributed by atoms with E-state index in [4.69, 9.17) is 9.84 Å². The molecule has 3 N–H and O–H groups in total. The Balaban J connectivity index is 1.48. The second kappa shape index (κ2) is 10.4. The molecule has 33 heavy (non-hydrogen) atoms. The van der Waals surface area contributed by atoms with E-state index in [1.165, 1.54) is 0 Å². The summed E-state index contributed by atoms with van der Waals surface area (Å²) in [5.74, 6) is -7.43. The number of alkyl carbamates (subject to hydrolysis) is 1. The third-order valence-electron chi connectivity index (χ3n) is 5.75. The molecular formula is C24H26F2N2O5. The highest BCUT2D eigenvalue weighted by molar-refractivity contribution is 5.80. The zero-order valence-corrected chi connectivity index (χ0v) is 18.1. The Morgan fingerprint density at radius 1 is 1.03 bits per heavy atom. The fourth-order valence-electron chi connectivity index (χ4n) is 3.86. The molecule has 0 aromatic heterocycles. The number of carboxylic acid groups (broad SMARTS) is 1. The highest BCUT2D eigenvalue weighted by Crippen LogP contribution is 2.44. The Morgan fingerprint density at radius 2 is 1.61 bits per heavy atom. The summed E-state index contributed by atoms with van der Waals surface area (Å²) in [7, 11) is 0. The van der Waals surface area contributed by atoms with Crippen molar-refractivity contribution in [3.63, 3.8) is 0 Å². The second-order valence-electron chi connectivity index (χ2n) is 7.97. The van der Waals surface area contributed by atoms with Crippen LogP contribution in [0.4, 0.5) is 13.6 Å². The first-order valence-corrected chi connectivity index (χ1v) is 10.7. The smallest absolute Gasteiger partial charge is 0.407 e. The number of aliphatic carboxylic acids is 1. The first-order valence-electron chi connectivity index (χ1n) is 10.7. The van der Waals surface area contributed by atoms with Gasteiger partial charge in [-0.05, 0) is 28.2 Å². The second-order valence-corrected chi connectivity index (χ2v) is 7.97. The fourth-order valence-corrected chi connectivity index (χ4v) is 3.86. The lowest BCUT2D eigenvalue weighted by Crippen LogP contribution is -2.43. The summed E-state index contributed by atoms with van der Waals surface area (Å²) >= 11 is 0. The number of hydrogen-bond donors (Lipinski definition) is 3. The molecule has 2 amide bonds. The number of ether oxygens (including phenoxy) is 1. The van der Waals surface area contributed by atoms with Crippen LogP contribution in [0, 0.1) is 5.92 Å². The number of carboxylic acids is 1. The molecular weight excluding hydrogens is 434 g/mol. The zero-order chi connectivity index (χ0) is 24.0. The third kappa shape index (κ3) is 5.85. The van der Waals surface area contributed by atoms with Crippen molar-refractivity contribution in [3.05, 3.63) is 59.7 Å². The quantitative estimate of drug-likeness (QED) is 0.501. The molecule has 0 aliphatic heterocycles. The normalized spacial score (nSPS) is 13.5. The standard InChI is InChI=1S/C24H26F2N2O5/c1-2-15(11-21(29)28-14-24(25,26)22(30)31)12-27-23(32)33-13-20-18-9-5-3-7-16(18)17-8-4-6-10-19(17)20/h3-10,15,20H,2,11-14H2,1H3,(H,27,32)(H,28,29)(H,30,31). The molecule has 1 aliphatic carbocycles. The Bertz CT molecular complexity index is 982. The summed E-state index contributed by atoms with van der Waals surface area (Å²) in [6, 6.07) is 15.9. The highest BCUT2D eigenvalue weighted by Gasteiger charge is 2.39. The molecule has 7 nitrogen and oxygen atoms in total. The molecule has 1 aliphatic rings. The van der Waals surface area contributed by atoms with Crippen LogP contribution in [0.25, 0.3) is 11.1 Å². The number of halogens is 2. The molecule has 176 valence electrons. The number of fused-ring (bicyclic) bond motifs is 3. The van der Waals surface area contributed by atoms with Crippen molar-refractivity contribution in [2.45, 2.75) is 31.6 Å². The maximum atomic E-state index is 13.1. The lowest BCUT2D eigenvalue weighted by molar-refractivity contribution is -0.164. The van der Waals surface area contributed by atoms with Crippen LogP contribution in [0.15, 0.2) is 48.5 Å². The van der Waals surface area contributed by atoms with Gasteiger partial charge in [-0.15, -0.1) is 0 Å². The van der Waals surface area contributed by atoms with Crippen LogP contribution >= 0.6 is 0 Å². The van der Waals surface area contributed by atoms with Gasteiger partial charge in [-0.1, -0.05) is 61.9 Å². The molecule has 1 atom stereocenters. The number of hydrogen-bond acceptors (Lipinski definition) is 4. The van der Waals surface area contributed by atoms with Crippen molar-refractivity contribution >= 4 is 18.0 Å². The van der Waals surface area contributed by atoms with Crippen LogP contribution in [0.3, 0.4) is 0 Å². The Morgan fingerprint density at radius 3 is 2.15 bits per heavy atom. The van der Waals surface area contributed by atoms with Crippen molar-refractivity contribution < 1.29 is 33.0 Å². The summed E-state index contributed by atoms with van der Waals surface area (Å²) in [6.45, 7) is 0.790. The van der Waals surface area contributed by atoms with Crippen LogP contribution in [0.5, 0.6) is 0 Å². The molecule has 0 heterocycles. The van der Waals surface area contributed by atoms with Gasteiger partial charge in [0.05, 0.1) is 6.54 Å². The summed E-state index contributed by atoms with van der Waals surface area (Å²) in [5.41, 5.74) is 4.42. The molecule has 0 fully saturated rings. The Labute approximate surface area is 190 Å². The number of carbonyl (C=O) groups excluding carboxylic acids is 2. The fraction of sp³-hybridized carbons (Fsp3) is 0.375. The van der Waals surface area contributed by atoms with Crippen molar-refractivity contribution in [2.24, 2.45) is 5.92 Å². The minimum absolute atomic E-state index is 0.0770. The SMILES string of the molecule is CCC(CNC(=O)OCC1c2ccccc2-c2ccccc21)CC(=O)NCC(F)(F)C(=O)O. The van der Waals surface area contributed by atoms with E-state index in [0.29, 0.717) is 6.42 Å². The van der Waals surface area contributed by atoms with Gasteiger partial charge in [0.1, 0.15) is 6.61 Å². The summed E-state index contributed by atoms with van der Waals surface area (Å²) < 4.78 is 31.6. The van der Waals surface area contributed by atoms with E-state index in [2.05, 4.69) is 5.32 Å². The van der Waals surface area contributed by atoms with Gasteiger partial charge in [-0.3, -0.25) is 4.79 Å². The van der Waals surface area contributed by atoms with E-state index >= 15 is 0 Å². The van der Waals surface area contributed by atoms with Gasteiger partial charge >= 0.3 is 18.0 Å². The average molecular weight is 460 g/mol. The molecule has 3 rings (SSSR count). The van der Waals surface area contributed by atoms with Gasteiger partial charge in [0, 0.05) is 18.9 Å². The van der Waals surface area contributed by atoms with Gasteiger partial charge in [-0.25, -0.2) is 9.59 Å². The van der Waals surface area contributed by atoms with Crippen LogP contribution in [-0.4, -0.2) is 48.7 Å². The predicted molar refractivity (Wildman–Crippen MR) is 117 cm³/mol. The minimum Gasteiger partial charge on any atom is -0.477 e. The van der Waals surface area contributed by atoms with Crippen LogP contribution in [-0.2, 0) is 14.3 Å². The molecule has 0 spiro atoms. The van der Waals surface area contributed by atoms with E-state index in [1.54, 1.807) is 6.92 Å². The van der Waals surface area contributed by atoms with Gasteiger partial charge in [0.15, 0.2) is 0 Å². The highest BCUT2D eigenvalue weighted by atomic mass is 19.3. The number of nitrogens with one attached hydrogen (secondary N) is 2. The van der Waals surface area contributed by atoms with Crippen LogP contribution in [0.2, 0.25) is 0 Å². The monoisotopic (exact) mass is 460 g/mol. The Hall–Kier alpha value is -3.49.